The molecule has 0 aromatic heterocycles. The average Bonchev–Trinajstić information content (AvgIpc) is 2.49. The molecule has 0 bridgehead atoms. The van der Waals surface area contributed by atoms with Crippen molar-refractivity contribution in [3.05, 3.63) is 29.8 Å². The molecule has 3 rings (SSSR count). The van der Waals surface area contributed by atoms with Crippen LogP contribution in [0.5, 0.6) is 0 Å². The lowest BCUT2D eigenvalue weighted by atomic mass is 9.97. The van der Waals surface area contributed by atoms with E-state index in [1.54, 1.807) is 0 Å². The Hall–Kier alpha value is -1.06. The normalized spacial score (nSPS) is 24.4. The van der Waals surface area contributed by atoms with Crippen LogP contribution in [-0.4, -0.2) is 38.9 Å². The Morgan fingerprint density at radius 1 is 1.21 bits per heavy atom. The lowest BCUT2D eigenvalue weighted by Gasteiger charge is -2.29. The maximum absolute atomic E-state index is 5.42. The number of benzene rings is 1. The molecule has 2 fully saturated rings. The Morgan fingerprint density at radius 2 is 2.11 bits per heavy atom. The van der Waals surface area contributed by atoms with E-state index in [-0.39, 0.29) is 0 Å². The minimum Gasteiger partial charge on any atom is -0.378 e. The predicted molar refractivity (Wildman–Crippen MR) is 78.8 cm³/mol. The Balaban J connectivity index is 1.64. The van der Waals surface area contributed by atoms with Gasteiger partial charge in [-0.2, -0.15) is 0 Å². The summed E-state index contributed by atoms with van der Waals surface area (Å²) in [5.74, 6) is 0. The van der Waals surface area contributed by atoms with Crippen molar-refractivity contribution in [2.75, 3.05) is 37.7 Å². The number of nitrogens with one attached hydrogen (secondary N) is 1. The van der Waals surface area contributed by atoms with Crippen LogP contribution in [0.25, 0.3) is 0 Å². The van der Waals surface area contributed by atoms with Gasteiger partial charge in [-0.1, -0.05) is 18.6 Å². The highest BCUT2D eigenvalue weighted by Crippen LogP contribution is 2.20. The summed E-state index contributed by atoms with van der Waals surface area (Å²) >= 11 is 0. The maximum Gasteiger partial charge on any atom is 0.0642 e. The largest absolute Gasteiger partial charge is 0.378 e. The Bertz CT molecular complexity index is 395. The Labute approximate surface area is 115 Å². The molecule has 1 aromatic carbocycles. The van der Waals surface area contributed by atoms with Crippen molar-refractivity contribution >= 4 is 5.69 Å². The molecular weight excluding hydrogens is 236 g/mol. The molecule has 2 aliphatic rings. The zero-order valence-electron chi connectivity index (χ0n) is 11.6. The summed E-state index contributed by atoms with van der Waals surface area (Å²) < 4.78 is 5.42. The summed E-state index contributed by atoms with van der Waals surface area (Å²) in [6.07, 6.45) is 5.20. The molecule has 0 spiro atoms. The van der Waals surface area contributed by atoms with Crippen LogP contribution < -0.4 is 10.2 Å². The molecule has 1 N–H and O–H groups in total. The summed E-state index contributed by atoms with van der Waals surface area (Å²) in [6.45, 7) is 4.94. The van der Waals surface area contributed by atoms with Crippen LogP contribution in [0, 0.1) is 0 Å². The molecule has 2 heterocycles. The number of nitrogens with zero attached hydrogens (tertiary/aromatic N) is 1. The van der Waals surface area contributed by atoms with Gasteiger partial charge in [0, 0.05) is 24.8 Å². The highest BCUT2D eigenvalue weighted by atomic mass is 16.5. The van der Waals surface area contributed by atoms with E-state index in [9.17, 15) is 0 Å². The minimum atomic E-state index is 0.675. The SMILES string of the molecule is c1cc(CC2CCCCN2)cc(N2CCOCC2)c1. The molecule has 1 aromatic rings. The topological polar surface area (TPSA) is 24.5 Å². The fraction of sp³-hybridized carbons (Fsp3) is 0.625. The zero-order valence-corrected chi connectivity index (χ0v) is 11.6. The number of hydrogen-bond acceptors (Lipinski definition) is 3. The first-order valence-electron chi connectivity index (χ1n) is 7.57. The van der Waals surface area contributed by atoms with Crippen LogP contribution in [0.3, 0.4) is 0 Å². The molecule has 0 radical (unpaired) electrons. The number of ether oxygens (including phenoxy) is 1. The summed E-state index contributed by atoms with van der Waals surface area (Å²) in [5, 5.41) is 3.63. The number of morpholine rings is 1. The van der Waals surface area contributed by atoms with E-state index in [4.69, 9.17) is 4.74 Å². The molecule has 3 heteroatoms. The second-order valence-corrected chi connectivity index (χ2v) is 5.62. The Morgan fingerprint density at radius 3 is 2.89 bits per heavy atom. The quantitative estimate of drug-likeness (QED) is 0.902. The van der Waals surface area contributed by atoms with Gasteiger partial charge in [-0.05, 0) is 43.5 Å². The summed E-state index contributed by atoms with van der Waals surface area (Å²) in [5.41, 5.74) is 2.82. The zero-order chi connectivity index (χ0) is 12.9. The van der Waals surface area contributed by atoms with Gasteiger partial charge in [-0.15, -0.1) is 0 Å². The highest BCUT2D eigenvalue weighted by Gasteiger charge is 2.15. The standard InChI is InChI=1S/C16H24N2O/c1-2-7-17-15(5-1)12-14-4-3-6-16(13-14)18-8-10-19-11-9-18/h3-4,6,13,15,17H,1-2,5,7-12H2. The van der Waals surface area contributed by atoms with Gasteiger partial charge >= 0.3 is 0 Å². The fourth-order valence-electron chi connectivity index (χ4n) is 3.08. The molecule has 3 nitrogen and oxygen atoms in total. The Kier molecular flexibility index (Phi) is 4.36. The van der Waals surface area contributed by atoms with Gasteiger partial charge in [0.05, 0.1) is 13.2 Å². The van der Waals surface area contributed by atoms with Crippen molar-refractivity contribution in [3.63, 3.8) is 0 Å². The van der Waals surface area contributed by atoms with Crippen molar-refractivity contribution in [1.82, 2.24) is 5.32 Å². The fourth-order valence-corrected chi connectivity index (χ4v) is 3.08. The third kappa shape index (κ3) is 3.48. The van der Waals surface area contributed by atoms with Crippen molar-refractivity contribution in [2.24, 2.45) is 0 Å². The summed E-state index contributed by atoms with van der Waals surface area (Å²) in [6, 6.07) is 9.72. The van der Waals surface area contributed by atoms with E-state index >= 15 is 0 Å². The van der Waals surface area contributed by atoms with Crippen LogP contribution in [-0.2, 0) is 11.2 Å². The van der Waals surface area contributed by atoms with E-state index in [1.165, 1.54) is 37.1 Å². The monoisotopic (exact) mass is 260 g/mol. The predicted octanol–water partition coefficient (Wildman–Crippen LogP) is 2.21. The van der Waals surface area contributed by atoms with Crippen molar-refractivity contribution < 1.29 is 4.74 Å². The highest BCUT2D eigenvalue weighted by molar-refractivity contribution is 5.49. The second-order valence-electron chi connectivity index (χ2n) is 5.62. The van der Waals surface area contributed by atoms with Crippen LogP contribution in [0.15, 0.2) is 24.3 Å². The third-order valence-electron chi connectivity index (χ3n) is 4.18. The molecule has 1 atom stereocenters. The first-order chi connectivity index (χ1) is 9.42. The molecule has 104 valence electrons. The van der Waals surface area contributed by atoms with Crippen molar-refractivity contribution in [3.8, 4) is 0 Å². The van der Waals surface area contributed by atoms with E-state index in [2.05, 4.69) is 34.5 Å². The smallest absolute Gasteiger partial charge is 0.0642 e. The van der Waals surface area contributed by atoms with Gasteiger partial charge in [-0.3, -0.25) is 0 Å². The molecular formula is C16H24N2O. The van der Waals surface area contributed by atoms with Crippen LogP contribution in [0.4, 0.5) is 5.69 Å². The maximum atomic E-state index is 5.42. The number of piperidine rings is 1. The van der Waals surface area contributed by atoms with Gasteiger partial charge in [0.25, 0.3) is 0 Å². The van der Waals surface area contributed by atoms with E-state index in [0.717, 1.165) is 32.7 Å². The lowest BCUT2D eigenvalue weighted by molar-refractivity contribution is 0.122. The number of hydrogen-bond donors (Lipinski definition) is 1. The van der Waals surface area contributed by atoms with Gasteiger partial charge in [-0.25, -0.2) is 0 Å². The molecule has 2 aliphatic heterocycles. The second kappa shape index (κ2) is 6.40. The summed E-state index contributed by atoms with van der Waals surface area (Å²) in [4.78, 5) is 2.43. The van der Waals surface area contributed by atoms with Crippen LogP contribution in [0.1, 0.15) is 24.8 Å². The average molecular weight is 260 g/mol. The van der Waals surface area contributed by atoms with E-state index < -0.39 is 0 Å². The first-order valence-corrected chi connectivity index (χ1v) is 7.57. The van der Waals surface area contributed by atoms with Gasteiger partial charge < -0.3 is 15.0 Å². The molecule has 1 unspecified atom stereocenters. The molecule has 0 aliphatic carbocycles. The van der Waals surface area contributed by atoms with Crippen molar-refractivity contribution in [1.29, 1.82) is 0 Å². The third-order valence-corrected chi connectivity index (χ3v) is 4.18. The van der Waals surface area contributed by atoms with Crippen LogP contribution >= 0.6 is 0 Å². The molecule has 19 heavy (non-hydrogen) atoms. The summed E-state index contributed by atoms with van der Waals surface area (Å²) in [7, 11) is 0. The van der Waals surface area contributed by atoms with E-state index in [1.807, 2.05) is 0 Å². The first kappa shape index (κ1) is 12.9. The molecule has 0 amide bonds. The van der Waals surface area contributed by atoms with E-state index in [0.29, 0.717) is 6.04 Å². The number of rotatable bonds is 3. The lowest BCUT2D eigenvalue weighted by Crippen LogP contribution is -2.37. The van der Waals surface area contributed by atoms with Crippen LogP contribution in [0.2, 0.25) is 0 Å². The van der Waals surface area contributed by atoms with Gasteiger partial charge in [0.2, 0.25) is 0 Å². The number of anilines is 1. The van der Waals surface area contributed by atoms with Gasteiger partial charge in [0.15, 0.2) is 0 Å². The molecule has 0 saturated carbocycles. The molecule has 2 saturated heterocycles. The van der Waals surface area contributed by atoms with Crippen molar-refractivity contribution in [2.45, 2.75) is 31.7 Å². The minimum absolute atomic E-state index is 0.675. The van der Waals surface area contributed by atoms with Gasteiger partial charge in [0.1, 0.15) is 0 Å².